The number of aromatic nitrogens is 4. The normalized spacial score (nSPS) is 10.9. The van der Waals surface area contributed by atoms with Crippen molar-refractivity contribution >= 4 is 23.4 Å². The highest BCUT2D eigenvalue weighted by molar-refractivity contribution is 7.98. The van der Waals surface area contributed by atoms with Crippen molar-refractivity contribution in [1.29, 1.82) is 0 Å². The number of hydrogen-bond donors (Lipinski definition) is 0. The molecule has 2 heterocycles. The Bertz CT molecular complexity index is 1080. The summed E-state index contributed by atoms with van der Waals surface area (Å²) in [7, 11) is 0. The summed E-state index contributed by atoms with van der Waals surface area (Å²) < 4.78 is 16.3. The van der Waals surface area contributed by atoms with Gasteiger partial charge in [0.05, 0.1) is 12.1 Å². The second-order valence-corrected chi connectivity index (χ2v) is 7.46. The second kappa shape index (κ2) is 8.54. The van der Waals surface area contributed by atoms with E-state index in [4.69, 9.17) is 11.6 Å². The summed E-state index contributed by atoms with van der Waals surface area (Å²) in [5, 5.41) is 9.79. The van der Waals surface area contributed by atoms with Crippen molar-refractivity contribution < 1.29 is 4.39 Å². The zero-order valence-electron chi connectivity index (χ0n) is 14.8. The molecule has 0 radical (unpaired) electrons. The maximum absolute atomic E-state index is 14.4. The lowest BCUT2D eigenvalue weighted by Crippen LogP contribution is -2.05. The Kier molecular flexibility index (Phi) is 5.69. The predicted octanol–water partition coefficient (Wildman–Crippen LogP) is 5.47. The van der Waals surface area contributed by atoms with Gasteiger partial charge in [-0.1, -0.05) is 65.8 Å². The van der Waals surface area contributed by atoms with E-state index in [1.54, 1.807) is 24.4 Å². The van der Waals surface area contributed by atoms with Crippen LogP contribution >= 0.6 is 23.4 Å². The molecule has 2 aromatic carbocycles. The third-order valence-corrected chi connectivity index (χ3v) is 5.42. The fraction of sp³-hybridized carbons (Fsp3) is 0.0952. The van der Waals surface area contributed by atoms with Gasteiger partial charge in [0, 0.05) is 11.9 Å². The van der Waals surface area contributed by atoms with E-state index >= 15 is 0 Å². The van der Waals surface area contributed by atoms with Gasteiger partial charge in [-0.15, -0.1) is 10.2 Å². The van der Waals surface area contributed by atoms with Crippen LogP contribution in [0.1, 0.15) is 11.1 Å². The summed E-state index contributed by atoms with van der Waals surface area (Å²) in [4.78, 5) is 4.00. The number of benzene rings is 2. The Morgan fingerprint density at radius 3 is 2.50 bits per heavy atom. The van der Waals surface area contributed by atoms with E-state index in [2.05, 4.69) is 15.2 Å². The van der Waals surface area contributed by atoms with Crippen LogP contribution in [0.25, 0.3) is 11.4 Å². The van der Waals surface area contributed by atoms with Gasteiger partial charge in [-0.05, 0) is 35.4 Å². The van der Waals surface area contributed by atoms with Crippen LogP contribution in [0.5, 0.6) is 0 Å². The summed E-state index contributed by atoms with van der Waals surface area (Å²) in [6, 6.07) is 20.3. The summed E-state index contributed by atoms with van der Waals surface area (Å²) in [6.07, 6.45) is 1.68. The predicted molar refractivity (Wildman–Crippen MR) is 110 cm³/mol. The van der Waals surface area contributed by atoms with Crippen LogP contribution in [-0.4, -0.2) is 19.7 Å². The highest BCUT2D eigenvalue weighted by atomic mass is 35.5. The lowest BCUT2D eigenvalue weighted by atomic mass is 10.2. The number of nitrogens with zero attached hydrogens (tertiary/aromatic N) is 4. The summed E-state index contributed by atoms with van der Waals surface area (Å²) in [5.41, 5.74) is 2.56. The quantitative estimate of drug-likeness (QED) is 0.312. The van der Waals surface area contributed by atoms with Crippen molar-refractivity contribution in [3.8, 4) is 11.4 Å². The molecule has 0 spiro atoms. The topological polar surface area (TPSA) is 43.6 Å². The van der Waals surface area contributed by atoms with Crippen molar-refractivity contribution in [3.63, 3.8) is 0 Å². The maximum atomic E-state index is 14.4. The van der Waals surface area contributed by atoms with Crippen LogP contribution in [-0.2, 0) is 12.3 Å². The van der Waals surface area contributed by atoms with Crippen molar-refractivity contribution in [3.05, 3.63) is 95.0 Å². The Morgan fingerprint density at radius 2 is 1.71 bits per heavy atom. The van der Waals surface area contributed by atoms with E-state index in [0.717, 1.165) is 16.3 Å². The molecule has 0 aliphatic heterocycles. The molecule has 28 heavy (non-hydrogen) atoms. The van der Waals surface area contributed by atoms with Crippen LogP contribution in [0, 0.1) is 5.82 Å². The molecular formula is C21H16ClFN4S. The molecule has 7 heteroatoms. The first-order valence-corrected chi connectivity index (χ1v) is 10.0. The summed E-state index contributed by atoms with van der Waals surface area (Å²) in [5.74, 6) is 0.853. The molecule has 4 aromatic rings. The third-order valence-electron chi connectivity index (χ3n) is 4.17. The standard InChI is InChI=1S/C21H16ClFN4S/c22-19-12-16(10-11-24-19)14-28-21-26-25-20(17-8-4-5-9-18(17)23)27(21)13-15-6-2-1-3-7-15/h1-12H,13-14H2. The van der Waals surface area contributed by atoms with E-state index in [1.807, 2.05) is 47.0 Å². The molecule has 0 aliphatic rings. The van der Waals surface area contributed by atoms with Gasteiger partial charge in [0.25, 0.3) is 0 Å². The first kappa shape index (κ1) is 18.7. The third kappa shape index (κ3) is 4.24. The molecule has 4 rings (SSSR count). The number of halogens is 2. The van der Waals surface area contributed by atoms with Crippen LogP contribution in [0.3, 0.4) is 0 Å². The Hall–Kier alpha value is -2.70. The SMILES string of the molecule is Fc1ccccc1-c1nnc(SCc2ccnc(Cl)c2)n1Cc1ccccc1. The van der Waals surface area contributed by atoms with Crippen LogP contribution in [0.15, 0.2) is 78.1 Å². The van der Waals surface area contributed by atoms with Gasteiger partial charge in [-0.3, -0.25) is 4.57 Å². The van der Waals surface area contributed by atoms with Crippen molar-refractivity contribution in [2.45, 2.75) is 17.5 Å². The highest BCUT2D eigenvalue weighted by Gasteiger charge is 2.17. The van der Waals surface area contributed by atoms with Crippen LogP contribution in [0.2, 0.25) is 5.15 Å². The maximum Gasteiger partial charge on any atom is 0.192 e. The Morgan fingerprint density at radius 1 is 0.929 bits per heavy atom. The van der Waals surface area contributed by atoms with E-state index in [-0.39, 0.29) is 5.82 Å². The summed E-state index contributed by atoms with van der Waals surface area (Å²) in [6.45, 7) is 0.553. The molecule has 0 saturated carbocycles. The molecule has 0 saturated heterocycles. The van der Waals surface area contributed by atoms with E-state index in [0.29, 0.717) is 28.8 Å². The van der Waals surface area contributed by atoms with Gasteiger partial charge < -0.3 is 0 Å². The van der Waals surface area contributed by atoms with Gasteiger partial charge in [0.15, 0.2) is 11.0 Å². The Balaban J connectivity index is 1.68. The van der Waals surface area contributed by atoms with Crippen LogP contribution in [0.4, 0.5) is 4.39 Å². The number of rotatable bonds is 6. The van der Waals surface area contributed by atoms with Gasteiger partial charge in [-0.25, -0.2) is 9.37 Å². The first-order chi connectivity index (χ1) is 13.7. The van der Waals surface area contributed by atoms with Crippen molar-refractivity contribution in [2.24, 2.45) is 0 Å². The minimum Gasteiger partial charge on any atom is -0.297 e. The molecule has 0 unspecified atom stereocenters. The van der Waals surface area contributed by atoms with Crippen LogP contribution < -0.4 is 0 Å². The molecule has 4 nitrogen and oxygen atoms in total. The lowest BCUT2D eigenvalue weighted by molar-refractivity contribution is 0.626. The molecule has 0 fully saturated rings. The molecule has 2 aromatic heterocycles. The van der Waals surface area contributed by atoms with Crippen molar-refractivity contribution in [2.75, 3.05) is 0 Å². The molecule has 140 valence electrons. The zero-order valence-corrected chi connectivity index (χ0v) is 16.4. The highest BCUT2D eigenvalue weighted by Crippen LogP contribution is 2.29. The van der Waals surface area contributed by atoms with Gasteiger partial charge in [0.1, 0.15) is 11.0 Å². The zero-order chi connectivity index (χ0) is 19.3. The number of hydrogen-bond acceptors (Lipinski definition) is 4. The van der Waals surface area contributed by atoms with Gasteiger partial charge in [-0.2, -0.15) is 0 Å². The molecule has 0 bridgehead atoms. The molecule has 0 atom stereocenters. The number of pyridine rings is 1. The minimum absolute atomic E-state index is 0.318. The fourth-order valence-electron chi connectivity index (χ4n) is 2.83. The first-order valence-electron chi connectivity index (χ1n) is 8.66. The van der Waals surface area contributed by atoms with E-state index in [9.17, 15) is 4.39 Å². The van der Waals surface area contributed by atoms with E-state index in [1.165, 1.54) is 17.8 Å². The van der Waals surface area contributed by atoms with E-state index < -0.39 is 0 Å². The van der Waals surface area contributed by atoms with Gasteiger partial charge >= 0.3 is 0 Å². The minimum atomic E-state index is -0.318. The second-order valence-electron chi connectivity index (χ2n) is 6.13. The average molecular weight is 411 g/mol. The lowest BCUT2D eigenvalue weighted by Gasteiger charge is -2.11. The largest absolute Gasteiger partial charge is 0.297 e. The average Bonchev–Trinajstić information content (AvgIpc) is 3.10. The molecule has 0 amide bonds. The molecule has 0 aliphatic carbocycles. The monoisotopic (exact) mass is 410 g/mol. The van der Waals surface area contributed by atoms with Crippen molar-refractivity contribution in [1.82, 2.24) is 19.7 Å². The fourth-order valence-corrected chi connectivity index (χ4v) is 3.90. The smallest absolute Gasteiger partial charge is 0.192 e. The molecular weight excluding hydrogens is 395 g/mol. The van der Waals surface area contributed by atoms with Gasteiger partial charge in [0.2, 0.25) is 0 Å². The molecule has 0 N–H and O–H groups in total. The number of thioether (sulfide) groups is 1. The summed E-state index contributed by atoms with van der Waals surface area (Å²) >= 11 is 7.50. The Labute approximate surface area is 171 Å².